The number of hydrogen-bond donors (Lipinski definition) is 1. The minimum atomic E-state index is -0.635. The topological polar surface area (TPSA) is 73.4 Å². The summed E-state index contributed by atoms with van der Waals surface area (Å²) >= 11 is 0. The molecule has 1 atom stereocenters. The van der Waals surface area contributed by atoms with Crippen LogP contribution in [0.2, 0.25) is 0 Å². The van der Waals surface area contributed by atoms with Gasteiger partial charge in [-0.15, -0.1) is 12.4 Å². The summed E-state index contributed by atoms with van der Waals surface area (Å²) in [6.45, 7) is 0.676. The van der Waals surface area contributed by atoms with Crippen molar-refractivity contribution in [2.75, 3.05) is 20.8 Å². The van der Waals surface area contributed by atoms with Crippen molar-refractivity contribution in [2.24, 2.45) is 5.73 Å². The maximum atomic E-state index is 12.0. The van der Waals surface area contributed by atoms with Gasteiger partial charge < -0.3 is 15.4 Å². The van der Waals surface area contributed by atoms with Crippen molar-refractivity contribution in [3.05, 3.63) is 48.3 Å². The average Bonchev–Trinajstić information content (AvgIpc) is 2.96. The Morgan fingerprint density at radius 1 is 1.41 bits per heavy atom. The third kappa shape index (κ3) is 4.56. The molecule has 22 heavy (non-hydrogen) atoms. The number of rotatable bonds is 6. The number of methoxy groups -OCH3 is 1. The van der Waals surface area contributed by atoms with E-state index < -0.39 is 6.04 Å². The number of halogens is 1. The molecule has 0 saturated carbocycles. The molecule has 1 amide bonds. The van der Waals surface area contributed by atoms with Crippen LogP contribution in [0, 0.1) is 0 Å². The van der Waals surface area contributed by atoms with Crippen LogP contribution in [-0.4, -0.2) is 47.4 Å². The van der Waals surface area contributed by atoms with Crippen molar-refractivity contribution < 1.29 is 9.53 Å². The summed E-state index contributed by atoms with van der Waals surface area (Å²) in [6.07, 6.45) is 3.65. The van der Waals surface area contributed by atoms with Crippen molar-refractivity contribution in [3.63, 3.8) is 0 Å². The molecular weight excluding hydrogens is 304 g/mol. The molecule has 6 nitrogen and oxygen atoms in total. The first-order valence-electron chi connectivity index (χ1n) is 6.70. The largest absolute Gasteiger partial charge is 0.383 e. The first-order chi connectivity index (χ1) is 10.1. The second kappa shape index (κ2) is 8.53. The van der Waals surface area contributed by atoms with E-state index in [1.807, 2.05) is 36.5 Å². The fourth-order valence-corrected chi connectivity index (χ4v) is 2.05. The number of hydrogen-bond acceptors (Lipinski definition) is 4. The van der Waals surface area contributed by atoms with Gasteiger partial charge in [0.05, 0.1) is 18.5 Å². The predicted octanol–water partition coefficient (Wildman–Crippen LogP) is 1.23. The minimum absolute atomic E-state index is 0. The summed E-state index contributed by atoms with van der Waals surface area (Å²) in [4.78, 5) is 13.6. The van der Waals surface area contributed by atoms with Crippen LogP contribution in [0.15, 0.2) is 42.7 Å². The maximum absolute atomic E-state index is 12.0. The number of benzene rings is 1. The number of nitrogens with zero attached hydrogens (tertiary/aromatic N) is 3. The molecule has 1 aromatic carbocycles. The molecule has 7 heteroatoms. The van der Waals surface area contributed by atoms with E-state index in [-0.39, 0.29) is 24.9 Å². The number of carbonyl (C=O) groups excluding carboxylic acids is 1. The minimum Gasteiger partial charge on any atom is -0.383 e. The molecule has 2 rings (SSSR count). The van der Waals surface area contributed by atoms with Crippen LogP contribution in [0.3, 0.4) is 0 Å². The predicted molar refractivity (Wildman–Crippen MR) is 87.1 cm³/mol. The standard InChI is InChI=1S/C15H20N4O2.ClH/c1-18(15(20)14(16)11-21-2)9-12-8-17-19(10-12)13-6-4-3-5-7-13;/h3-8,10,14H,9,11,16H2,1-2H3;1H. The Balaban J connectivity index is 0.00000242. The van der Waals surface area contributed by atoms with Gasteiger partial charge in [0.2, 0.25) is 5.91 Å². The van der Waals surface area contributed by atoms with E-state index in [1.165, 1.54) is 7.11 Å². The van der Waals surface area contributed by atoms with Gasteiger partial charge in [-0.25, -0.2) is 4.68 Å². The molecule has 1 aromatic heterocycles. The molecule has 1 heterocycles. The monoisotopic (exact) mass is 324 g/mol. The Kier molecular flexibility index (Phi) is 7.04. The lowest BCUT2D eigenvalue weighted by Crippen LogP contribution is -2.44. The zero-order chi connectivity index (χ0) is 15.2. The van der Waals surface area contributed by atoms with E-state index in [2.05, 4.69) is 5.10 Å². The molecule has 0 saturated heterocycles. The average molecular weight is 325 g/mol. The summed E-state index contributed by atoms with van der Waals surface area (Å²) in [7, 11) is 3.24. The van der Waals surface area contributed by atoms with E-state index in [9.17, 15) is 4.79 Å². The van der Waals surface area contributed by atoms with Crippen LogP contribution in [-0.2, 0) is 16.1 Å². The summed E-state index contributed by atoms with van der Waals surface area (Å²) in [5.74, 6) is -0.149. The number of para-hydroxylation sites is 1. The first kappa shape index (κ1) is 18.2. The van der Waals surface area contributed by atoms with Gasteiger partial charge >= 0.3 is 0 Å². The summed E-state index contributed by atoms with van der Waals surface area (Å²) in [5, 5.41) is 4.30. The Labute approximate surface area is 136 Å². The van der Waals surface area contributed by atoms with Crippen molar-refractivity contribution in [1.29, 1.82) is 0 Å². The van der Waals surface area contributed by atoms with Gasteiger partial charge in [-0.3, -0.25) is 4.79 Å². The van der Waals surface area contributed by atoms with Crippen LogP contribution >= 0.6 is 12.4 Å². The highest BCUT2D eigenvalue weighted by Gasteiger charge is 2.18. The summed E-state index contributed by atoms with van der Waals surface area (Å²) < 4.78 is 6.68. The maximum Gasteiger partial charge on any atom is 0.241 e. The number of amides is 1. The molecule has 0 aliphatic heterocycles. The number of carbonyl (C=O) groups is 1. The van der Waals surface area contributed by atoms with Gasteiger partial charge in [0.25, 0.3) is 0 Å². The third-order valence-electron chi connectivity index (χ3n) is 3.12. The molecular formula is C15H21ClN4O2. The number of ether oxygens (including phenoxy) is 1. The molecule has 0 fully saturated rings. The van der Waals surface area contributed by atoms with Crippen LogP contribution < -0.4 is 5.73 Å². The van der Waals surface area contributed by atoms with E-state index in [0.29, 0.717) is 6.54 Å². The lowest BCUT2D eigenvalue weighted by Gasteiger charge is -2.20. The van der Waals surface area contributed by atoms with Crippen molar-refractivity contribution >= 4 is 18.3 Å². The Morgan fingerprint density at radius 2 is 2.09 bits per heavy atom. The van der Waals surface area contributed by atoms with Crippen molar-refractivity contribution in [1.82, 2.24) is 14.7 Å². The highest BCUT2D eigenvalue weighted by Crippen LogP contribution is 2.09. The van der Waals surface area contributed by atoms with Gasteiger partial charge in [0, 0.05) is 32.5 Å². The number of likely N-dealkylation sites (N-methyl/N-ethyl adjacent to an activating group) is 1. The SMILES string of the molecule is COCC(N)C(=O)N(C)Cc1cnn(-c2ccccc2)c1.Cl. The van der Waals surface area contributed by atoms with E-state index in [1.54, 1.807) is 22.8 Å². The first-order valence-corrected chi connectivity index (χ1v) is 6.70. The lowest BCUT2D eigenvalue weighted by atomic mass is 10.2. The molecule has 0 aliphatic rings. The van der Waals surface area contributed by atoms with E-state index in [4.69, 9.17) is 10.5 Å². The molecule has 0 spiro atoms. The Bertz CT molecular complexity index is 588. The quantitative estimate of drug-likeness (QED) is 0.867. The van der Waals surface area contributed by atoms with Gasteiger partial charge in [0.15, 0.2) is 0 Å². The van der Waals surface area contributed by atoms with Gasteiger partial charge in [-0.1, -0.05) is 18.2 Å². The smallest absolute Gasteiger partial charge is 0.241 e. The fraction of sp³-hybridized carbons (Fsp3) is 0.333. The zero-order valence-electron chi connectivity index (χ0n) is 12.7. The lowest BCUT2D eigenvalue weighted by molar-refractivity contribution is -0.132. The van der Waals surface area contributed by atoms with Crippen LogP contribution in [0.5, 0.6) is 0 Å². The second-order valence-corrected chi connectivity index (χ2v) is 4.88. The van der Waals surface area contributed by atoms with E-state index >= 15 is 0 Å². The molecule has 0 radical (unpaired) electrons. The van der Waals surface area contributed by atoms with Gasteiger partial charge in [-0.05, 0) is 12.1 Å². The van der Waals surface area contributed by atoms with Crippen molar-refractivity contribution in [3.8, 4) is 5.69 Å². The van der Waals surface area contributed by atoms with Crippen LogP contribution in [0.4, 0.5) is 0 Å². The summed E-state index contributed by atoms with van der Waals surface area (Å²) in [6, 6.07) is 9.17. The molecule has 0 bridgehead atoms. The normalized spacial score (nSPS) is 11.6. The highest BCUT2D eigenvalue weighted by atomic mass is 35.5. The van der Waals surface area contributed by atoms with Gasteiger partial charge in [-0.2, -0.15) is 5.10 Å². The molecule has 120 valence electrons. The molecule has 1 unspecified atom stereocenters. The van der Waals surface area contributed by atoms with E-state index in [0.717, 1.165) is 11.3 Å². The Hall–Kier alpha value is -1.89. The fourth-order valence-electron chi connectivity index (χ4n) is 2.05. The highest BCUT2D eigenvalue weighted by molar-refractivity contribution is 5.85. The second-order valence-electron chi connectivity index (χ2n) is 4.88. The molecule has 2 N–H and O–H groups in total. The zero-order valence-corrected chi connectivity index (χ0v) is 13.5. The van der Waals surface area contributed by atoms with Crippen molar-refractivity contribution in [2.45, 2.75) is 12.6 Å². The number of aromatic nitrogens is 2. The van der Waals surface area contributed by atoms with Crippen LogP contribution in [0.1, 0.15) is 5.56 Å². The molecule has 0 aliphatic carbocycles. The Morgan fingerprint density at radius 3 is 2.73 bits per heavy atom. The van der Waals surface area contributed by atoms with Gasteiger partial charge in [0.1, 0.15) is 6.04 Å². The summed E-state index contributed by atoms with van der Waals surface area (Å²) in [5.41, 5.74) is 7.67. The third-order valence-corrected chi connectivity index (χ3v) is 3.12. The molecule has 2 aromatic rings. The number of nitrogens with two attached hydrogens (primary N) is 1. The van der Waals surface area contributed by atoms with Crippen LogP contribution in [0.25, 0.3) is 5.69 Å².